The summed E-state index contributed by atoms with van der Waals surface area (Å²) < 4.78 is 5.13. The van der Waals surface area contributed by atoms with Crippen molar-refractivity contribution < 1.29 is 9.84 Å². The molecule has 2 heterocycles. The zero-order chi connectivity index (χ0) is 14.0. The largest absolute Gasteiger partial charge is 0.481 e. The minimum atomic E-state index is -0.416. The first-order valence-electron chi connectivity index (χ1n) is 7.24. The first-order chi connectivity index (χ1) is 9.68. The molecular weight excluding hydrogens is 256 g/mol. The molecule has 1 saturated heterocycles. The predicted molar refractivity (Wildman–Crippen MR) is 76.0 cm³/mol. The first-order valence-corrected chi connectivity index (χ1v) is 7.24. The van der Waals surface area contributed by atoms with Crippen LogP contribution < -0.4 is 9.64 Å². The lowest BCUT2D eigenvalue weighted by molar-refractivity contribution is -0.0594. The van der Waals surface area contributed by atoms with Crippen LogP contribution in [0.4, 0.5) is 5.82 Å². The lowest BCUT2D eigenvalue weighted by Crippen LogP contribution is -2.54. The maximum absolute atomic E-state index is 10.2. The zero-order valence-corrected chi connectivity index (χ0v) is 12.0. The van der Waals surface area contributed by atoms with Crippen LogP contribution in [0.2, 0.25) is 0 Å². The lowest BCUT2D eigenvalue weighted by Gasteiger charge is -2.43. The Morgan fingerprint density at radius 2 is 2.00 bits per heavy atom. The second kappa shape index (κ2) is 5.54. The molecule has 2 fully saturated rings. The summed E-state index contributed by atoms with van der Waals surface area (Å²) in [4.78, 5) is 12.9. The maximum atomic E-state index is 10.2. The van der Waals surface area contributed by atoms with E-state index >= 15 is 0 Å². The summed E-state index contributed by atoms with van der Waals surface area (Å²) in [5, 5.41) is 10.2. The molecule has 1 aliphatic heterocycles. The van der Waals surface area contributed by atoms with E-state index in [9.17, 15) is 5.11 Å². The number of aromatic nitrogens is 2. The normalized spacial score (nSPS) is 22.4. The molecule has 1 N–H and O–H groups in total. The van der Waals surface area contributed by atoms with Gasteiger partial charge in [0.05, 0.1) is 12.7 Å². The Kier molecular flexibility index (Phi) is 3.76. The smallest absolute Gasteiger partial charge is 0.218 e. The Bertz CT molecular complexity index is 456. The molecule has 2 aliphatic rings. The number of hydrogen-bond acceptors (Lipinski definition) is 6. The average molecular weight is 278 g/mol. The van der Waals surface area contributed by atoms with Crippen LogP contribution >= 0.6 is 0 Å². The van der Waals surface area contributed by atoms with Gasteiger partial charge in [-0.15, -0.1) is 0 Å². The molecule has 0 bridgehead atoms. The molecule has 0 radical (unpaired) electrons. The minimum absolute atomic E-state index is 0.416. The monoisotopic (exact) mass is 278 g/mol. The van der Waals surface area contributed by atoms with Gasteiger partial charge in [0.15, 0.2) is 0 Å². The third kappa shape index (κ3) is 2.86. The van der Waals surface area contributed by atoms with Crippen LogP contribution in [-0.4, -0.2) is 65.4 Å². The average Bonchev–Trinajstić information content (AvgIpc) is 2.46. The molecular formula is C14H22N4O2. The summed E-state index contributed by atoms with van der Waals surface area (Å²) in [7, 11) is 1.61. The number of aliphatic hydroxyl groups is 1. The molecule has 0 aromatic carbocycles. The van der Waals surface area contributed by atoms with Crippen LogP contribution in [0.5, 0.6) is 5.88 Å². The number of ether oxygens (including phenoxy) is 1. The Morgan fingerprint density at radius 3 is 2.60 bits per heavy atom. The molecule has 110 valence electrons. The minimum Gasteiger partial charge on any atom is -0.481 e. The van der Waals surface area contributed by atoms with Gasteiger partial charge in [0.2, 0.25) is 5.88 Å². The van der Waals surface area contributed by atoms with Crippen molar-refractivity contribution in [3.8, 4) is 5.88 Å². The second-order valence-corrected chi connectivity index (χ2v) is 5.76. The summed E-state index contributed by atoms with van der Waals surface area (Å²) in [6.07, 6.45) is 4.61. The van der Waals surface area contributed by atoms with E-state index in [-0.39, 0.29) is 0 Å². The highest BCUT2D eigenvalue weighted by Crippen LogP contribution is 2.32. The van der Waals surface area contributed by atoms with Gasteiger partial charge in [-0.1, -0.05) is 0 Å². The van der Waals surface area contributed by atoms with Crippen LogP contribution in [0.1, 0.15) is 19.3 Å². The highest BCUT2D eigenvalue weighted by Gasteiger charge is 2.36. The molecule has 0 amide bonds. The van der Waals surface area contributed by atoms with E-state index in [0.29, 0.717) is 5.88 Å². The number of rotatable bonds is 4. The summed E-state index contributed by atoms with van der Waals surface area (Å²) in [5.41, 5.74) is -0.416. The van der Waals surface area contributed by atoms with Gasteiger partial charge >= 0.3 is 0 Å². The SMILES string of the molecule is COc1cc(N2CCN(CC3(O)CCC3)CC2)ncn1. The van der Waals surface area contributed by atoms with Crippen LogP contribution in [0, 0.1) is 0 Å². The summed E-state index contributed by atoms with van der Waals surface area (Å²) in [6.45, 7) is 4.60. The number of methoxy groups -OCH3 is 1. The summed E-state index contributed by atoms with van der Waals surface area (Å²) in [5.74, 6) is 1.51. The fourth-order valence-electron chi connectivity index (χ4n) is 2.91. The Hall–Kier alpha value is -1.40. The molecule has 1 aromatic heterocycles. The third-order valence-corrected chi connectivity index (χ3v) is 4.34. The van der Waals surface area contributed by atoms with E-state index in [2.05, 4.69) is 19.8 Å². The molecule has 0 spiro atoms. The Morgan fingerprint density at radius 1 is 1.25 bits per heavy atom. The van der Waals surface area contributed by atoms with Crippen molar-refractivity contribution >= 4 is 5.82 Å². The number of anilines is 1. The molecule has 20 heavy (non-hydrogen) atoms. The Balaban J connectivity index is 1.55. The van der Waals surface area contributed by atoms with Crippen molar-refractivity contribution in [2.24, 2.45) is 0 Å². The summed E-state index contributed by atoms with van der Waals surface area (Å²) >= 11 is 0. The molecule has 6 heteroatoms. The molecule has 1 saturated carbocycles. The van der Waals surface area contributed by atoms with E-state index in [0.717, 1.165) is 57.8 Å². The van der Waals surface area contributed by atoms with Crippen molar-refractivity contribution in [1.82, 2.24) is 14.9 Å². The van der Waals surface area contributed by atoms with E-state index < -0.39 is 5.60 Å². The van der Waals surface area contributed by atoms with Crippen LogP contribution in [-0.2, 0) is 0 Å². The maximum Gasteiger partial charge on any atom is 0.218 e. The van der Waals surface area contributed by atoms with Gasteiger partial charge in [-0.2, -0.15) is 0 Å². The van der Waals surface area contributed by atoms with E-state index in [4.69, 9.17) is 4.74 Å². The highest BCUT2D eigenvalue weighted by atomic mass is 16.5. The number of piperazine rings is 1. The number of hydrogen-bond donors (Lipinski definition) is 1. The first kappa shape index (κ1) is 13.6. The Labute approximate surface area is 119 Å². The van der Waals surface area contributed by atoms with Gasteiger partial charge in [-0.3, -0.25) is 4.90 Å². The quantitative estimate of drug-likeness (QED) is 0.866. The molecule has 3 rings (SSSR count). The lowest BCUT2D eigenvalue weighted by atomic mass is 9.80. The zero-order valence-electron chi connectivity index (χ0n) is 12.0. The standard InChI is InChI=1S/C14H22N4O2/c1-20-13-9-12(15-11-16-13)18-7-5-17(6-8-18)10-14(19)3-2-4-14/h9,11,19H,2-8,10H2,1H3. The highest BCUT2D eigenvalue weighted by molar-refractivity contribution is 5.41. The van der Waals surface area contributed by atoms with Crippen LogP contribution in [0.15, 0.2) is 12.4 Å². The molecule has 0 unspecified atom stereocenters. The predicted octanol–water partition coefficient (Wildman–Crippen LogP) is 0.522. The summed E-state index contributed by atoms with van der Waals surface area (Å²) in [6, 6.07) is 1.87. The van der Waals surface area contributed by atoms with Gasteiger partial charge in [0, 0.05) is 38.8 Å². The topological polar surface area (TPSA) is 61.7 Å². The molecule has 6 nitrogen and oxygen atoms in total. The van der Waals surface area contributed by atoms with Crippen molar-refractivity contribution in [2.45, 2.75) is 24.9 Å². The van der Waals surface area contributed by atoms with Crippen molar-refractivity contribution in [2.75, 3.05) is 44.7 Å². The van der Waals surface area contributed by atoms with Crippen LogP contribution in [0.25, 0.3) is 0 Å². The van der Waals surface area contributed by atoms with E-state index in [1.54, 1.807) is 7.11 Å². The molecule has 0 atom stereocenters. The molecule has 1 aromatic rings. The van der Waals surface area contributed by atoms with Gasteiger partial charge in [0.25, 0.3) is 0 Å². The van der Waals surface area contributed by atoms with Gasteiger partial charge < -0.3 is 14.7 Å². The number of β-amino-alcohol motifs (C(OH)–C–C–N with tert-alkyl or cyclic N) is 1. The fraction of sp³-hybridized carbons (Fsp3) is 0.714. The van der Waals surface area contributed by atoms with Gasteiger partial charge in [0.1, 0.15) is 12.1 Å². The van der Waals surface area contributed by atoms with Gasteiger partial charge in [-0.25, -0.2) is 9.97 Å². The second-order valence-electron chi connectivity index (χ2n) is 5.76. The van der Waals surface area contributed by atoms with Crippen LogP contribution in [0.3, 0.4) is 0 Å². The molecule has 1 aliphatic carbocycles. The van der Waals surface area contributed by atoms with Crippen molar-refractivity contribution in [3.63, 3.8) is 0 Å². The van der Waals surface area contributed by atoms with E-state index in [1.165, 1.54) is 6.33 Å². The third-order valence-electron chi connectivity index (χ3n) is 4.34. The number of nitrogens with zero attached hydrogens (tertiary/aromatic N) is 4. The van der Waals surface area contributed by atoms with Crippen molar-refractivity contribution in [3.05, 3.63) is 12.4 Å². The van der Waals surface area contributed by atoms with Crippen molar-refractivity contribution in [1.29, 1.82) is 0 Å². The van der Waals surface area contributed by atoms with E-state index in [1.807, 2.05) is 6.07 Å². The van der Waals surface area contributed by atoms with Gasteiger partial charge in [-0.05, 0) is 19.3 Å². The fourth-order valence-corrected chi connectivity index (χ4v) is 2.91.